The van der Waals surface area contributed by atoms with Gasteiger partial charge in [0.1, 0.15) is 10.7 Å². The molecule has 0 saturated carbocycles. The molecule has 0 fully saturated rings. The quantitative estimate of drug-likeness (QED) is 0.420. The standard InChI is InChI=1S/C22H20FNO4S/c1-13-10-18(14(2)24(13)11-16-4-6-17(23)7-5-16)19(26)12-28-22(27)21-9-8-20(29-21)15(3)25/h4-10H,11-12H2,1-3H3. The molecule has 0 bridgehead atoms. The predicted octanol–water partition coefficient (Wildman–Crippen LogP) is 4.60. The maximum absolute atomic E-state index is 13.1. The summed E-state index contributed by atoms with van der Waals surface area (Å²) in [4.78, 5) is 36.8. The number of benzene rings is 1. The highest BCUT2D eigenvalue weighted by molar-refractivity contribution is 7.15. The molecule has 2 heterocycles. The number of nitrogens with zero attached hydrogens (tertiary/aromatic N) is 1. The molecular formula is C22H20FNO4S. The van der Waals surface area contributed by atoms with E-state index in [0.717, 1.165) is 28.3 Å². The highest BCUT2D eigenvalue weighted by Crippen LogP contribution is 2.20. The Labute approximate surface area is 171 Å². The van der Waals surface area contributed by atoms with Crippen LogP contribution < -0.4 is 0 Å². The van der Waals surface area contributed by atoms with Crippen LogP contribution in [0.4, 0.5) is 4.39 Å². The Bertz CT molecular complexity index is 1080. The zero-order chi connectivity index (χ0) is 21.1. The molecular weight excluding hydrogens is 393 g/mol. The minimum absolute atomic E-state index is 0.126. The number of aryl methyl sites for hydroxylation is 1. The molecule has 150 valence electrons. The van der Waals surface area contributed by atoms with Gasteiger partial charge in [0.05, 0.1) is 4.88 Å². The van der Waals surface area contributed by atoms with Crippen LogP contribution in [-0.2, 0) is 11.3 Å². The first-order valence-electron chi connectivity index (χ1n) is 8.98. The molecule has 5 nitrogen and oxygen atoms in total. The van der Waals surface area contributed by atoms with Crippen LogP contribution in [0.5, 0.6) is 0 Å². The number of hydrogen-bond donors (Lipinski definition) is 0. The fourth-order valence-corrected chi connectivity index (χ4v) is 3.81. The third-order valence-electron chi connectivity index (χ3n) is 4.62. The van der Waals surface area contributed by atoms with Gasteiger partial charge >= 0.3 is 5.97 Å². The van der Waals surface area contributed by atoms with Crippen molar-refractivity contribution in [2.45, 2.75) is 27.3 Å². The second-order valence-electron chi connectivity index (χ2n) is 6.72. The third kappa shape index (κ3) is 4.68. The van der Waals surface area contributed by atoms with E-state index in [1.807, 2.05) is 18.4 Å². The Morgan fingerprint density at radius 2 is 1.69 bits per heavy atom. The van der Waals surface area contributed by atoms with Gasteiger partial charge in [-0.1, -0.05) is 12.1 Å². The molecule has 3 rings (SSSR count). The smallest absolute Gasteiger partial charge is 0.348 e. The lowest BCUT2D eigenvalue weighted by Crippen LogP contribution is -2.14. The van der Waals surface area contributed by atoms with E-state index < -0.39 is 5.97 Å². The van der Waals surface area contributed by atoms with Gasteiger partial charge in [-0.3, -0.25) is 9.59 Å². The predicted molar refractivity (Wildman–Crippen MR) is 108 cm³/mol. The lowest BCUT2D eigenvalue weighted by atomic mass is 10.1. The molecule has 29 heavy (non-hydrogen) atoms. The lowest BCUT2D eigenvalue weighted by Gasteiger charge is -2.10. The number of hydrogen-bond acceptors (Lipinski definition) is 5. The van der Waals surface area contributed by atoms with Crippen molar-refractivity contribution < 1.29 is 23.5 Å². The second kappa shape index (κ2) is 8.53. The summed E-state index contributed by atoms with van der Waals surface area (Å²) in [5.41, 5.74) is 3.03. The zero-order valence-corrected chi connectivity index (χ0v) is 17.1. The van der Waals surface area contributed by atoms with Crippen molar-refractivity contribution in [2.24, 2.45) is 0 Å². The van der Waals surface area contributed by atoms with Crippen LogP contribution >= 0.6 is 11.3 Å². The highest BCUT2D eigenvalue weighted by Gasteiger charge is 2.19. The van der Waals surface area contributed by atoms with Crippen LogP contribution in [0, 0.1) is 19.7 Å². The summed E-state index contributed by atoms with van der Waals surface area (Å²) in [6, 6.07) is 11.0. The van der Waals surface area contributed by atoms with Crippen molar-refractivity contribution in [1.29, 1.82) is 0 Å². The molecule has 0 aliphatic rings. The highest BCUT2D eigenvalue weighted by atomic mass is 32.1. The molecule has 3 aromatic rings. The van der Waals surface area contributed by atoms with Crippen LogP contribution in [-0.4, -0.2) is 28.7 Å². The molecule has 7 heteroatoms. The minimum atomic E-state index is -0.629. The van der Waals surface area contributed by atoms with E-state index in [-0.39, 0.29) is 28.9 Å². The van der Waals surface area contributed by atoms with Gasteiger partial charge in [0, 0.05) is 23.5 Å². The first-order valence-corrected chi connectivity index (χ1v) is 9.80. The molecule has 2 aromatic heterocycles. The van der Waals surface area contributed by atoms with Crippen molar-refractivity contribution in [2.75, 3.05) is 6.61 Å². The number of aromatic nitrogens is 1. The second-order valence-corrected chi connectivity index (χ2v) is 7.80. The van der Waals surface area contributed by atoms with Crippen LogP contribution in [0.1, 0.15) is 53.6 Å². The van der Waals surface area contributed by atoms with E-state index >= 15 is 0 Å². The van der Waals surface area contributed by atoms with E-state index in [0.29, 0.717) is 17.0 Å². The number of halogens is 1. The van der Waals surface area contributed by atoms with E-state index in [2.05, 4.69) is 0 Å². The number of Topliss-reactive ketones (excluding diaryl/α,β-unsaturated/α-hetero) is 2. The number of ether oxygens (including phenoxy) is 1. The van der Waals surface area contributed by atoms with Crippen molar-refractivity contribution >= 4 is 28.9 Å². The fraction of sp³-hybridized carbons (Fsp3) is 0.227. The lowest BCUT2D eigenvalue weighted by molar-refractivity contribution is 0.0479. The van der Waals surface area contributed by atoms with Crippen molar-refractivity contribution in [1.82, 2.24) is 4.57 Å². The van der Waals surface area contributed by atoms with E-state index in [1.54, 1.807) is 24.3 Å². The Kier molecular flexibility index (Phi) is 6.08. The van der Waals surface area contributed by atoms with Gasteiger partial charge < -0.3 is 9.30 Å². The average molecular weight is 413 g/mol. The normalized spacial score (nSPS) is 10.8. The van der Waals surface area contributed by atoms with Crippen molar-refractivity contribution in [3.05, 3.63) is 80.6 Å². The van der Waals surface area contributed by atoms with E-state index in [9.17, 15) is 18.8 Å². The summed E-state index contributed by atoms with van der Waals surface area (Å²) in [7, 11) is 0. The van der Waals surface area contributed by atoms with Gasteiger partial charge in [0.15, 0.2) is 12.4 Å². The van der Waals surface area contributed by atoms with Gasteiger partial charge in [-0.05, 0) is 56.7 Å². The monoisotopic (exact) mass is 413 g/mol. The molecule has 0 atom stereocenters. The molecule has 0 N–H and O–H groups in total. The zero-order valence-electron chi connectivity index (χ0n) is 16.3. The van der Waals surface area contributed by atoms with Crippen LogP contribution in [0.15, 0.2) is 42.5 Å². The maximum atomic E-state index is 13.1. The SMILES string of the molecule is CC(=O)c1ccc(C(=O)OCC(=O)c2cc(C)n(Cc3ccc(F)cc3)c2C)s1. The molecule has 0 radical (unpaired) electrons. The number of thiophene rings is 1. The first kappa shape index (κ1) is 20.7. The topological polar surface area (TPSA) is 65.4 Å². The summed E-state index contributed by atoms with van der Waals surface area (Å²) in [6.07, 6.45) is 0. The van der Waals surface area contributed by atoms with E-state index in [1.165, 1.54) is 25.1 Å². The Morgan fingerprint density at radius 1 is 1.03 bits per heavy atom. The Balaban J connectivity index is 1.68. The first-order chi connectivity index (χ1) is 13.8. The number of rotatable bonds is 7. The Hall–Kier alpha value is -3.06. The molecule has 0 saturated heterocycles. The molecule has 1 aromatic carbocycles. The van der Waals surface area contributed by atoms with E-state index in [4.69, 9.17) is 4.74 Å². The van der Waals surface area contributed by atoms with Gasteiger partial charge in [-0.15, -0.1) is 11.3 Å². The van der Waals surface area contributed by atoms with Gasteiger partial charge in [0.2, 0.25) is 5.78 Å². The third-order valence-corrected chi connectivity index (χ3v) is 5.78. The summed E-state index contributed by atoms with van der Waals surface area (Å²) in [6.45, 7) is 5.26. The number of carbonyl (C=O) groups excluding carboxylic acids is 3. The fourth-order valence-electron chi connectivity index (χ4n) is 3.02. The van der Waals surface area contributed by atoms with Crippen LogP contribution in [0.25, 0.3) is 0 Å². The van der Waals surface area contributed by atoms with Gasteiger partial charge in [-0.2, -0.15) is 0 Å². The summed E-state index contributed by atoms with van der Waals surface area (Å²) in [5, 5.41) is 0. The number of ketones is 2. The van der Waals surface area contributed by atoms with Crippen molar-refractivity contribution in [3.63, 3.8) is 0 Å². The Morgan fingerprint density at radius 3 is 2.31 bits per heavy atom. The summed E-state index contributed by atoms with van der Waals surface area (Å²) < 4.78 is 20.2. The summed E-state index contributed by atoms with van der Waals surface area (Å²) in [5.74, 6) is -1.36. The van der Waals surface area contributed by atoms with Gasteiger partial charge in [0.25, 0.3) is 0 Å². The van der Waals surface area contributed by atoms with Crippen LogP contribution in [0.3, 0.4) is 0 Å². The number of esters is 1. The van der Waals surface area contributed by atoms with Gasteiger partial charge in [-0.25, -0.2) is 9.18 Å². The maximum Gasteiger partial charge on any atom is 0.348 e. The molecule has 0 spiro atoms. The largest absolute Gasteiger partial charge is 0.453 e. The number of carbonyl (C=O) groups is 3. The summed E-state index contributed by atoms with van der Waals surface area (Å²) >= 11 is 1.04. The molecule has 0 unspecified atom stereocenters. The van der Waals surface area contributed by atoms with Crippen LogP contribution in [0.2, 0.25) is 0 Å². The molecule has 0 amide bonds. The van der Waals surface area contributed by atoms with Crippen molar-refractivity contribution in [3.8, 4) is 0 Å². The molecule has 0 aliphatic heterocycles. The minimum Gasteiger partial charge on any atom is -0.453 e. The molecule has 0 aliphatic carbocycles. The average Bonchev–Trinajstić information content (AvgIpc) is 3.28.